The van der Waals surface area contributed by atoms with Crippen LogP contribution in [0, 0.1) is 6.92 Å². The molecular weight excluding hydrogens is 402 g/mol. The Kier molecular flexibility index (Phi) is 5.29. The Morgan fingerprint density at radius 2 is 1.87 bits per heavy atom. The minimum atomic E-state index is -1.02. The van der Waals surface area contributed by atoms with Crippen LogP contribution in [0.1, 0.15) is 27.2 Å². The molecule has 0 spiro atoms. The van der Waals surface area contributed by atoms with Crippen molar-refractivity contribution in [1.82, 2.24) is 4.90 Å². The number of imide groups is 1. The van der Waals surface area contributed by atoms with Crippen LogP contribution in [0.3, 0.4) is 0 Å². The van der Waals surface area contributed by atoms with Crippen LogP contribution in [0.4, 0.5) is 4.79 Å². The second-order valence-electron chi connectivity index (χ2n) is 6.84. The zero-order valence-corrected chi connectivity index (χ0v) is 16.8. The maximum Gasteiger partial charge on any atom is 0.335 e. The van der Waals surface area contributed by atoms with Gasteiger partial charge in [-0.25, -0.2) is 4.79 Å². The molecule has 3 aromatic rings. The molecule has 0 radical (unpaired) electrons. The van der Waals surface area contributed by atoms with E-state index in [1.807, 2.05) is 31.2 Å². The molecule has 30 heavy (non-hydrogen) atoms. The number of carboxylic acids is 1. The highest BCUT2D eigenvalue weighted by atomic mass is 32.2. The van der Waals surface area contributed by atoms with Crippen molar-refractivity contribution in [1.29, 1.82) is 0 Å². The van der Waals surface area contributed by atoms with Gasteiger partial charge in [0.15, 0.2) is 0 Å². The summed E-state index contributed by atoms with van der Waals surface area (Å²) in [6.45, 7) is 2.19. The summed E-state index contributed by atoms with van der Waals surface area (Å²) in [6.07, 6.45) is 1.53. The summed E-state index contributed by atoms with van der Waals surface area (Å²) in [4.78, 5) is 37.7. The van der Waals surface area contributed by atoms with Crippen LogP contribution >= 0.6 is 11.8 Å². The Labute approximate surface area is 176 Å². The molecule has 0 unspecified atom stereocenters. The average Bonchev–Trinajstić information content (AvgIpc) is 3.30. The molecule has 0 aliphatic carbocycles. The summed E-state index contributed by atoms with van der Waals surface area (Å²) in [7, 11) is 0. The number of nitrogens with zero attached hydrogens (tertiary/aromatic N) is 1. The van der Waals surface area contributed by atoms with Crippen LogP contribution < -0.4 is 0 Å². The van der Waals surface area contributed by atoms with Crippen LogP contribution in [-0.2, 0) is 11.3 Å². The Morgan fingerprint density at radius 1 is 1.10 bits per heavy atom. The summed E-state index contributed by atoms with van der Waals surface area (Å²) < 4.78 is 5.75. The van der Waals surface area contributed by atoms with Crippen LogP contribution in [0.25, 0.3) is 17.4 Å². The molecule has 2 aromatic carbocycles. The number of aryl methyl sites for hydroxylation is 1. The highest BCUT2D eigenvalue weighted by Gasteiger charge is 2.35. The van der Waals surface area contributed by atoms with Crippen molar-refractivity contribution in [2.75, 3.05) is 0 Å². The van der Waals surface area contributed by atoms with E-state index in [2.05, 4.69) is 0 Å². The summed E-state index contributed by atoms with van der Waals surface area (Å²) in [5.41, 5.74) is 2.75. The first-order valence-corrected chi connectivity index (χ1v) is 9.97. The number of furan rings is 1. The lowest BCUT2D eigenvalue weighted by Gasteiger charge is -2.12. The van der Waals surface area contributed by atoms with Crippen molar-refractivity contribution in [3.63, 3.8) is 0 Å². The fourth-order valence-electron chi connectivity index (χ4n) is 3.03. The first-order chi connectivity index (χ1) is 14.4. The molecule has 1 aromatic heterocycles. The van der Waals surface area contributed by atoms with E-state index in [0.717, 1.165) is 22.9 Å². The molecule has 1 saturated heterocycles. The number of rotatable bonds is 5. The van der Waals surface area contributed by atoms with E-state index in [1.165, 1.54) is 23.1 Å². The molecule has 150 valence electrons. The average molecular weight is 419 g/mol. The smallest absolute Gasteiger partial charge is 0.335 e. The van der Waals surface area contributed by atoms with E-state index >= 15 is 0 Å². The standard InChI is InChI=1S/C23H17NO5S/c1-14-5-7-15(8-6-14)13-24-21(25)20(30-23(24)28)12-18-9-10-19(29-18)16-3-2-4-17(11-16)22(26)27/h2-12H,13H2,1H3,(H,26,27)/b20-12-. The van der Waals surface area contributed by atoms with Gasteiger partial charge in [0.25, 0.3) is 11.1 Å². The fraction of sp³-hybridized carbons (Fsp3) is 0.0870. The van der Waals surface area contributed by atoms with Gasteiger partial charge in [0.1, 0.15) is 11.5 Å². The molecule has 7 heteroatoms. The minimum Gasteiger partial charge on any atom is -0.478 e. The van der Waals surface area contributed by atoms with E-state index in [4.69, 9.17) is 9.52 Å². The molecule has 0 bridgehead atoms. The molecule has 2 amide bonds. The highest BCUT2D eigenvalue weighted by molar-refractivity contribution is 8.18. The molecule has 1 aliphatic heterocycles. The zero-order chi connectivity index (χ0) is 21.3. The third kappa shape index (κ3) is 4.06. The topological polar surface area (TPSA) is 87.8 Å². The molecule has 0 atom stereocenters. The first kappa shape index (κ1) is 19.7. The van der Waals surface area contributed by atoms with Crippen LogP contribution in [0.15, 0.2) is 70.0 Å². The number of amides is 2. The van der Waals surface area contributed by atoms with Gasteiger partial charge in [-0.3, -0.25) is 14.5 Å². The first-order valence-electron chi connectivity index (χ1n) is 9.15. The predicted molar refractivity (Wildman–Crippen MR) is 114 cm³/mol. The number of carboxylic acid groups (broad SMARTS) is 1. The van der Waals surface area contributed by atoms with E-state index in [0.29, 0.717) is 17.1 Å². The molecule has 6 nitrogen and oxygen atoms in total. The van der Waals surface area contributed by atoms with Crippen molar-refractivity contribution in [3.8, 4) is 11.3 Å². The molecule has 1 N–H and O–H groups in total. The third-order valence-electron chi connectivity index (χ3n) is 4.63. The Bertz CT molecular complexity index is 1180. The second kappa shape index (κ2) is 8.04. The number of carbonyl (C=O) groups excluding carboxylic acids is 2. The summed E-state index contributed by atoms with van der Waals surface area (Å²) >= 11 is 0.871. The quantitative estimate of drug-likeness (QED) is 0.573. The van der Waals surface area contributed by atoms with Crippen molar-refractivity contribution < 1.29 is 23.9 Å². The van der Waals surface area contributed by atoms with Crippen LogP contribution in [0.2, 0.25) is 0 Å². The normalized spacial score (nSPS) is 15.2. The summed E-state index contributed by atoms with van der Waals surface area (Å²) in [5, 5.41) is 8.81. The third-order valence-corrected chi connectivity index (χ3v) is 5.54. The highest BCUT2D eigenvalue weighted by Crippen LogP contribution is 2.34. The van der Waals surface area contributed by atoms with E-state index in [1.54, 1.807) is 24.3 Å². The van der Waals surface area contributed by atoms with Gasteiger partial charge in [-0.05, 0) is 48.5 Å². The van der Waals surface area contributed by atoms with Gasteiger partial charge in [-0.15, -0.1) is 0 Å². The predicted octanol–water partition coefficient (Wildman–Crippen LogP) is 5.19. The van der Waals surface area contributed by atoms with Gasteiger partial charge < -0.3 is 9.52 Å². The van der Waals surface area contributed by atoms with Gasteiger partial charge in [-0.2, -0.15) is 0 Å². The molecule has 2 heterocycles. The summed E-state index contributed by atoms with van der Waals surface area (Å²) in [6, 6.07) is 17.4. The number of hydrogen-bond acceptors (Lipinski definition) is 5. The lowest BCUT2D eigenvalue weighted by atomic mass is 10.1. The maximum atomic E-state index is 12.7. The molecule has 1 fully saturated rings. The summed E-state index contributed by atoms with van der Waals surface area (Å²) in [5.74, 6) is -0.503. The Morgan fingerprint density at radius 3 is 2.60 bits per heavy atom. The van der Waals surface area contributed by atoms with E-state index in [9.17, 15) is 14.4 Å². The van der Waals surface area contributed by atoms with Crippen molar-refractivity contribution in [2.45, 2.75) is 13.5 Å². The molecule has 1 aliphatic rings. The lowest BCUT2D eigenvalue weighted by molar-refractivity contribution is -0.123. The molecule has 0 saturated carbocycles. The fourth-order valence-corrected chi connectivity index (χ4v) is 3.85. The van der Waals surface area contributed by atoms with Gasteiger partial charge in [-0.1, -0.05) is 42.0 Å². The van der Waals surface area contributed by atoms with Gasteiger partial charge in [0, 0.05) is 11.6 Å². The van der Waals surface area contributed by atoms with E-state index < -0.39 is 5.97 Å². The van der Waals surface area contributed by atoms with E-state index in [-0.39, 0.29) is 28.2 Å². The number of carbonyl (C=O) groups is 3. The Hall–Kier alpha value is -3.58. The van der Waals surface area contributed by atoms with Crippen LogP contribution in [-0.4, -0.2) is 27.1 Å². The van der Waals surface area contributed by atoms with Crippen molar-refractivity contribution in [2.24, 2.45) is 0 Å². The minimum absolute atomic E-state index is 0.155. The van der Waals surface area contributed by atoms with Crippen LogP contribution in [0.5, 0.6) is 0 Å². The number of hydrogen-bond donors (Lipinski definition) is 1. The van der Waals surface area contributed by atoms with Gasteiger partial charge in [0.2, 0.25) is 0 Å². The van der Waals surface area contributed by atoms with Gasteiger partial charge in [0.05, 0.1) is 17.0 Å². The maximum absolute atomic E-state index is 12.7. The lowest BCUT2D eigenvalue weighted by Crippen LogP contribution is -2.27. The molecule has 4 rings (SSSR count). The number of thioether (sulfide) groups is 1. The Balaban J connectivity index is 1.53. The SMILES string of the molecule is Cc1ccc(CN2C(=O)S/C(=C\c3ccc(-c4cccc(C(=O)O)c4)o3)C2=O)cc1. The monoisotopic (exact) mass is 419 g/mol. The molecular formula is C23H17NO5S. The number of benzene rings is 2. The largest absolute Gasteiger partial charge is 0.478 e. The van der Waals surface area contributed by atoms with Crippen molar-refractivity contribution >= 4 is 35.0 Å². The zero-order valence-electron chi connectivity index (χ0n) is 16.0. The van der Waals surface area contributed by atoms with Gasteiger partial charge >= 0.3 is 5.97 Å². The second-order valence-corrected chi connectivity index (χ2v) is 7.83. The number of aromatic carboxylic acids is 1. The van der Waals surface area contributed by atoms with Crippen molar-refractivity contribution in [3.05, 3.63) is 88.0 Å².